The summed E-state index contributed by atoms with van der Waals surface area (Å²) in [6, 6.07) is 9.95. The molecule has 0 aliphatic carbocycles. The quantitative estimate of drug-likeness (QED) is 0.832. The Morgan fingerprint density at radius 1 is 1.12 bits per heavy atom. The van der Waals surface area contributed by atoms with Crippen molar-refractivity contribution in [2.75, 3.05) is 13.1 Å². The van der Waals surface area contributed by atoms with Crippen molar-refractivity contribution in [2.45, 2.75) is 19.3 Å². The highest BCUT2D eigenvalue weighted by atomic mass is 16.2. The molecule has 3 heteroatoms. The minimum Gasteiger partial charge on any atom is -0.325 e. The maximum atomic E-state index is 11.8. The number of benzene rings is 1. The summed E-state index contributed by atoms with van der Waals surface area (Å²) in [5.41, 5.74) is 1.09. The maximum absolute atomic E-state index is 11.8. The standard InChI is InChI=1S/C14H18N2O/c17-14(16-11-5-2-6-12-16)15-10-9-13-7-3-1-4-8-13/h1,3-4,7-10H,2,5-6,11-12H2,(H,15,17)/b10-9+. The van der Waals surface area contributed by atoms with E-state index in [-0.39, 0.29) is 6.03 Å². The first kappa shape index (κ1) is 11.7. The third-order valence-corrected chi connectivity index (χ3v) is 2.93. The normalized spacial score (nSPS) is 16.1. The van der Waals surface area contributed by atoms with Crippen molar-refractivity contribution in [1.29, 1.82) is 0 Å². The maximum Gasteiger partial charge on any atom is 0.321 e. The number of rotatable bonds is 2. The molecule has 0 aromatic heterocycles. The molecule has 0 radical (unpaired) electrons. The van der Waals surface area contributed by atoms with E-state index < -0.39 is 0 Å². The molecule has 0 spiro atoms. The van der Waals surface area contributed by atoms with Crippen LogP contribution in [0.15, 0.2) is 36.5 Å². The van der Waals surface area contributed by atoms with Crippen LogP contribution in [0.4, 0.5) is 4.79 Å². The van der Waals surface area contributed by atoms with Crippen LogP contribution in [-0.4, -0.2) is 24.0 Å². The average Bonchev–Trinajstić information content (AvgIpc) is 2.41. The molecule has 17 heavy (non-hydrogen) atoms. The third kappa shape index (κ3) is 3.63. The zero-order valence-electron chi connectivity index (χ0n) is 9.93. The summed E-state index contributed by atoms with van der Waals surface area (Å²) in [6.07, 6.45) is 7.10. The van der Waals surface area contributed by atoms with E-state index in [2.05, 4.69) is 5.32 Å². The monoisotopic (exact) mass is 230 g/mol. The largest absolute Gasteiger partial charge is 0.325 e. The molecule has 0 unspecified atom stereocenters. The van der Waals surface area contributed by atoms with Crippen molar-refractivity contribution in [3.05, 3.63) is 42.1 Å². The summed E-state index contributed by atoms with van der Waals surface area (Å²) in [5, 5.41) is 2.81. The van der Waals surface area contributed by atoms with Gasteiger partial charge in [-0.2, -0.15) is 0 Å². The van der Waals surface area contributed by atoms with Crippen LogP contribution in [0.5, 0.6) is 0 Å². The number of hydrogen-bond donors (Lipinski definition) is 1. The van der Waals surface area contributed by atoms with Crippen molar-refractivity contribution in [3.63, 3.8) is 0 Å². The Morgan fingerprint density at radius 3 is 2.53 bits per heavy atom. The predicted octanol–water partition coefficient (Wildman–Crippen LogP) is 2.85. The van der Waals surface area contributed by atoms with Gasteiger partial charge >= 0.3 is 6.03 Å². The molecule has 2 amide bonds. The molecule has 0 bridgehead atoms. The van der Waals surface area contributed by atoms with Crippen LogP contribution in [-0.2, 0) is 0 Å². The SMILES string of the molecule is O=C(N/C=C/c1ccccc1)N1CCCCC1. The molecule has 3 nitrogen and oxygen atoms in total. The molecule has 2 rings (SSSR count). The average molecular weight is 230 g/mol. The number of piperidine rings is 1. The molecule has 0 atom stereocenters. The van der Waals surface area contributed by atoms with Gasteiger partial charge in [0.15, 0.2) is 0 Å². The van der Waals surface area contributed by atoms with Crippen molar-refractivity contribution >= 4 is 12.1 Å². The molecule has 1 aromatic rings. The molecular formula is C14H18N2O. The zero-order valence-corrected chi connectivity index (χ0v) is 9.93. The molecule has 0 saturated carbocycles. The number of amides is 2. The van der Waals surface area contributed by atoms with Crippen LogP contribution in [0, 0.1) is 0 Å². The van der Waals surface area contributed by atoms with Crippen LogP contribution in [0.1, 0.15) is 24.8 Å². The molecule has 1 fully saturated rings. The minimum absolute atomic E-state index is 0.0110. The van der Waals surface area contributed by atoms with Crippen LogP contribution in [0.2, 0.25) is 0 Å². The van der Waals surface area contributed by atoms with Gasteiger partial charge in [0.1, 0.15) is 0 Å². The molecular weight excluding hydrogens is 212 g/mol. The van der Waals surface area contributed by atoms with E-state index in [9.17, 15) is 4.79 Å². The fourth-order valence-electron chi connectivity index (χ4n) is 1.96. The van der Waals surface area contributed by atoms with Crippen molar-refractivity contribution < 1.29 is 4.79 Å². The number of nitrogens with one attached hydrogen (secondary N) is 1. The first-order chi connectivity index (χ1) is 8.36. The molecule has 1 saturated heterocycles. The lowest BCUT2D eigenvalue weighted by Gasteiger charge is -2.26. The van der Waals surface area contributed by atoms with Gasteiger partial charge in [0.25, 0.3) is 0 Å². The zero-order chi connectivity index (χ0) is 11.9. The van der Waals surface area contributed by atoms with Crippen LogP contribution >= 0.6 is 0 Å². The highest BCUT2D eigenvalue weighted by Crippen LogP contribution is 2.08. The van der Waals surface area contributed by atoms with Crippen LogP contribution < -0.4 is 5.32 Å². The van der Waals surface area contributed by atoms with Crippen LogP contribution in [0.3, 0.4) is 0 Å². The van der Waals surface area contributed by atoms with Gasteiger partial charge in [0.05, 0.1) is 0 Å². The fourth-order valence-corrected chi connectivity index (χ4v) is 1.96. The smallest absolute Gasteiger partial charge is 0.321 e. The second-order valence-corrected chi connectivity index (χ2v) is 4.24. The van der Waals surface area contributed by atoms with E-state index in [1.54, 1.807) is 6.20 Å². The molecule has 1 aromatic carbocycles. The van der Waals surface area contributed by atoms with E-state index >= 15 is 0 Å². The Hall–Kier alpha value is -1.77. The molecule has 1 aliphatic rings. The Bertz CT molecular complexity index is 380. The lowest BCUT2D eigenvalue weighted by Crippen LogP contribution is -2.40. The van der Waals surface area contributed by atoms with Gasteiger partial charge in [-0.1, -0.05) is 30.3 Å². The number of nitrogens with zero attached hydrogens (tertiary/aromatic N) is 1. The summed E-state index contributed by atoms with van der Waals surface area (Å²) >= 11 is 0. The number of hydrogen-bond acceptors (Lipinski definition) is 1. The Kier molecular flexibility index (Phi) is 4.19. The summed E-state index contributed by atoms with van der Waals surface area (Å²) in [7, 11) is 0. The number of urea groups is 1. The van der Waals surface area contributed by atoms with E-state index in [1.807, 2.05) is 41.3 Å². The topological polar surface area (TPSA) is 32.3 Å². The van der Waals surface area contributed by atoms with Gasteiger partial charge in [-0.15, -0.1) is 0 Å². The highest BCUT2D eigenvalue weighted by Gasteiger charge is 2.14. The second-order valence-electron chi connectivity index (χ2n) is 4.24. The molecule has 1 aliphatic heterocycles. The Morgan fingerprint density at radius 2 is 1.82 bits per heavy atom. The lowest BCUT2D eigenvalue weighted by molar-refractivity contribution is 0.190. The molecule has 90 valence electrons. The van der Waals surface area contributed by atoms with Gasteiger partial charge in [-0.3, -0.25) is 0 Å². The summed E-state index contributed by atoms with van der Waals surface area (Å²) in [6.45, 7) is 1.76. The Balaban J connectivity index is 1.81. The lowest BCUT2D eigenvalue weighted by atomic mass is 10.1. The first-order valence-corrected chi connectivity index (χ1v) is 6.13. The minimum atomic E-state index is 0.0110. The van der Waals surface area contributed by atoms with Gasteiger partial charge in [-0.25, -0.2) is 4.79 Å². The van der Waals surface area contributed by atoms with Crippen molar-refractivity contribution in [3.8, 4) is 0 Å². The van der Waals surface area contributed by atoms with E-state index in [1.165, 1.54) is 6.42 Å². The van der Waals surface area contributed by atoms with Crippen LogP contribution in [0.25, 0.3) is 6.08 Å². The van der Waals surface area contributed by atoms with E-state index in [0.717, 1.165) is 31.5 Å². The molecule has 1 N–H and O–H groups in total. The van der Waals surface area contributed by atoms with Gasteiger partial charge in [0.2, 0.25) is 0 Å². The summed E-state index contributed by atoms with van der Waals surface area (Å²) < 4.78 is 0. The highest BCUT2D eigenvalue weighted by molar-refractivity contribution is 5.76. The number of carbonyl (C=O) groups excluding carboxylic acids is 1. The predicted molar refractivity (Wildman–Crippen MR) is 69.4 cm³/mol. The van der Waals surface area contributed by atoms with Gasteiger partial charge in [-0.05, 0) is 30.9 Å². The fraction of sp³-hybridized carbons (Fsp3) is 0.357. The Labute approximate surface area is 102 Å². The summed E-state index contributed by atoms with van der Waals surface area (Å²) in [4.78, 5) is 13.6. The first-order valence-electron chi connectivity index (χ1n) is 6.13. The van der Waals surface area contributed by atoms with E-state index in [0.29, 0.717) is 0 Å². The van der Waals surface area contributed by atoms with Crippen molar-refractivity contribution in [2.24, 2.45) is 0 Å². The second kappa shape index (κ2) is 6.09. The third-order valence-electron chi connectivity index (χ3n) is 2.93. The van der Waals surface area contributed by atoms with Gasteiger partial charge in [0, 0.05) is 19.3 Å². The van der Waals surface area contributed by atoms with E-state index in [4.69, 9.17) is 0 Å². The van der Waals surface area contributed by atoms with Gasteiger partial charge < -0.3 is 10.2 Å². The number of carbonyl (C=O) groups is 1. The number of likely N-dealkylation sites (tertiary alicyclic amines) is 1. The summed E-state index contributed by atoms with van der Waals surface area (Å²) in [5.74, 6) is 0. The molecule has 1 heterocycles. The van der Waals surface area contributed by atoms with Crippen molar-refractivity contribution in [1.82, 2.24) is 10.2 Å².